The Hall–Kier alpha value is -1.71. The van der Waals surface area contributed by atoms with Gasteiger partial charge < -0.3 is 14.2 Å². The smallest absolute Gasteiger partial charge is 0.341 e. The van der Waals surface area contributed by atoms with E-state index in [0.29, 0.717) is 17.1 Å². The molecule has 4 heteroatoms. The predicted molar refractivity (Wildman–Crippen MR) is 92.6 cm³/mol. The lowest BCUT2D eigenvalue weighted by Gasteiger charge is -2.14. The highest BCUT2D eigenvalue weighted by Crippen LogP contribution is 2.30. The quantitative estimate of drug-likeness (QED) is 0.434. The van der Waals surface area contributed by atoms with Crippen LogP contribution in [0.1, 0.15) is 67.8 Å². The van der Waals surface area contributed by atoms with Crippen molar-refractivity contribution in [3.8, 4) is 11.5 Å². The molecular weight excluding hydrogens is 292 g/mol. The van der Waals surface area contributed by atoms with Gasteiger partial charge in [0.05, 0.1) is 21.3 Å². The van der Waals surface area contributed by atoms with Crippen LogP contribution in [0.4, 0.5) is 0 Å². The SMILES string of the molecule is CCCCCCCCCc1cc(OC)cc(OC)c1C(=O)OC. The van der Waals surface area contributed by atoms with Crippen LogP contribution in [0.25, 0.3) is 0 Å². The van der Waals surface area contributed by atoms with Gasteiger partial charge >= 0.3 is 5.97 Å². The van der Waals surface area contributed by atoms with Crippen LogP contribution >= 0.6 is 0 Å². The molecule has 23 heavy (non-hydrogen) atoms. The Morgan fingerprint density at radius 3 is 2.13 bits per heavy atom. The highest BCUT2D eigenvalue weighted by Gasteiger charge is 2.19. The number of benzene rings is 1. The monoisotopic (exact) mass is 322 g/mol. The largest absolute Gasteiger partial charge is 0.497 e. The van der Waals surface area contributed by atoms with Crippen LogP contribution in [0.3, 0.4) is 0 Å². The average molecular weight is 322 g/mol. The van der Waals surface area contributed by atoms with Crippen LogP contribution in [0.5, 0.6) is 11.5 Å². The second kappa shape index (κ2) is 10.9. The molecule has 0 aromatic heterocycles. The normalized spacial score (nSPS) is 10.4. The molecular formula is C19H30O4. The van der Waals surface area contributed by atoms with Gasteiger partial charge in [-0.3, -0.25) is 0 Å². The van der Waals surface area contributed by atoms with Gasteiger partial charge in [-0.15, -0.1) is 0 Å². The Morgan fingerprint density at radius 1 is 0.913 bits per heavy atom. The topological polar surface area (TPSA) is 44.8 Å². The molecule has 0 saturated carbocycles. The molecule has 0 fully saturated rings. The van der Waals surface area contributed by atoms with Crippen molar-refractivity contribution < 1.29 is 19.0 Å². The summed E-state index contributed by atoms with van der Waals surface area (Å²) in [5, 5.41) is 0. The Morgan fingerprint density at radius 2 is 1.57 bits per heavy atom. The second-order valence-electron chi connectivity index (χ2n) is 5.73. The van der Waals surface area contributed by atoms with Gasteiger partial charge in [0, 0.05) is 6.07 Å². The number of carbonyl (C=O) groups is 1. The number of rotatable bonds is 11. The molecule has 0 unspecified atom stereocenters. The maximum absolute atomic E-state index is 12.1. The fourth-order valence-corrected chi connectivity index (χ4v) is 2.73. The van der Waals surface area contributed by atoms with Crippen LogP contribution in [-0.2, 0) is 11.2 Å². The Kier molecular flexibility index (Phi) is 9.18. The van der Waals surface area contributed by atoms with Crippen molar-refractivity contribution in [2.24, 2.45) is 0 Å². The maximum atomic E-state index is 12.1. The predicted octanol–water partition coefficient (Wildman–Crippen LogP) is 4.78. The Bertz CT molecular complexity index is 483. The van der Waals surface area contributed by atoms with E-state index in [1.807, 2.05) is 6.07 Å². The van der Waals surface area contributed by atoms with Crippen LogP contribution in [-0.4, -0.2) is 27.3 Å². The molecule has 1 aromatic rings. The number of ether oxygens (including phenoxy) is 3. The van der Waals surface area contributed by atoms with E-state index in [1.165, 1.54) is 45.6 Å². The third-order valence-electron chi connectivity index (χ3n) is 4.05. The minimum absolute atomic E-state index is 0.359. The minimum atomic E-state index is -0.359. The van der Waals surface area contributed by atoms with E-state index >= 15 is 0 Å². The van der Waals surface area contributed by atoms with E-state index in [-0.39, 0.29) is 5.97 Å². The Balaban J connectivity index is 2.72. The van der Waals surface area contributed by atoms with Crippen molar-refractivity contribution in [2.75, 3.05) is 21.3 Å². The molecule has 0 N–H and O–H groups in total. The number of hydrogen-bond acceptors (Lipinski definition) is 4. The van der Waals surface area contributed by atoms with Crippen molar-refractivity contribution in [1.29, 1.82) is 0 Å². The van der Waals surface area contributed by atoms with Crippen LogP contribution in [0, 0.1) is 0 Å². The van der Waals surface area contributed by atoms with Gasteiger partial charge in [-0.1, -0.05) is 45.4 Å². The standard InChI is InChI=1S/C19H30O4/c1-5-6-7-8-9-10-11-12-15-13-16(21-2)14-17(22-3)18(15)19(20)23-4/h13-14H,5-12H2,1-4H3. The molecule has 0 amide bonds. The zero-order valence-electron chi connectivity index (χ0n) is 14.9. The summed E-state index contributed by atoms with van der Waals surface area (Å²) in [6.45, 7) is 2.23. The molecule has 0 spiro atoms. The summed E-state index contributed by atoms with van der Waals surface area (Å²) in [7, 11) is 4.56. The van der Waals surface area contributed by atoms with Gasteiger partial charge in [-0.2, -0.15) is 0 Å². The van der Waals surface area contributed by atoms with E-state index in [2.05, 4.69) is 6.92 Å². The first-order valence-electron chi connectivity index (χ1n) is 8.51. The highest BCUT2D eigenvalue weighted by molar-refractivity contribution is 5.94. The van der Waals surface area contributed by atoms with E-state index in [0.717, 1.165) is 18.4 Å². The van der Waals surface area contributed by atoms with Gasteiger partial charge in [0.25, 0.3) is 0 Å². The molecule has 1 aromatic carbocycles. The van der Waals surface area contributed by atoms with E-state index in [4.69, 9.17) is 14.2 Å². The third kappa shape index (κ3) is 6.12. The lowest BCUT2D eigenvalue weighted by Crippen LogP contribution is -2.09. The number of methoxy groups -OCH3 is 3. The van der Waals surface area contributed by atoms with Crippen molar-refractivity contribution in [3.05, 3.63) is 23.3 Å². The molecule has 0 atom stereocenters. The molecule has 0 heterocycles. The zero-order chi connectivity index (χ0) is 17.1. The maximum Gasteiger partial charge on any atom is 0.341 e. The lowest BCUT2D eigenvalue weighted by molar-refractivity contribution is 0.0595. The molecule has 0 aliphatic rings. The van der Waals surface area contributed by atoms with Crippen molar-refractivity contribution in [3.63, 3.8) is 0 Å². The number of hydrogen-bond donors (Lipinski definition) is 0. The van der Waals surface area contributed by atoms with E-state index in [1.54, 1.807) is 20.3 Å². The number of unbranched alkanes of at least 4 members (excludes halogenated alkanes) is 6. The van der Waals surface area contributed by atoms with Crippen molar-refractivity contribution >= 4 is 5.97 Å². The van der Waals surface area contributed by atoms with Gasteiger partial charge in [0.2, 0.25) is 0 Å². The highest BCUT2D eigenvalue weighted by atomic mass is 16.5. The van der Waals surface area contributed by atoms with E-state index < -0.39 is 0 Å². The summed E-state index contributed by atoms with van der Waals surface area (Å²) in [6, 6.07) is 3.63. The molecule has 130 valence electrons. The van der Waals surface area contributed by atoms with Gasteiger partial charge in [0.15, 0.2) is 0 Å². The number of carbonyl (C=O) groups excluding carboxylic acids is 1. The summed E-state index contributed by atoms with van der Waals surface area (Å²) in [5.74, 6) is 0.851. The molecule has 0 radical (unpaired) electrons. The molecule has 0 aliphatic heterocycles. The molecule has 1 rings (SSSR count). The fourth-order valence-electron chi connectivity index (χ4n) is 2.73. The summed E-state index contributed by atoms with van der Waals surface area (Å²) >= 11 is 0. The summed E-state index contributed by atoms with van der Waals surface area (Å²) in [5.41, 5.74) is 1.45. The second-order valence-corrected chi connectivity index (χ2v) is 5.73. The number of esters is 1. The van der Waals surface area contributed by atoms with Crippen molar-refractivity contribution in [1.82, 2.24) is 0 Å². The van der Waals surface area contributed by atoms with Gasteiger partial charge in [-0.05, 0) is 24.5 Å². The molecule has 0 saturated heterocycles. The van der Waals surface area contributed by atoms with Crippen LogP contribution < -0.4 is 9.47 Å². The molecule has 4 nitrogen and oxygen atoms in total. The fraction of sp³-hybridized carbons (Fsp3) is 0.632. The third-order valence-corrected chi connectivity index (χ3v) is 4.05. The average Bonchev–Trinajstić information content (AvgIpc) is 2.59. The van der Waals surface area contributed by atoms with Gasteiger partial charge in [-0.25, -0.2) is 4.79 Å². The molecule has 0 bridgehead atoms. The first-order valence-corrected chi connectivity index (χ1v) is 8.51. The van der Waals surface area contributed by atoms with Gasteiger partial charge in [0.1, 0.15) is 17.1 Å². The van der Waals surface area contributed by atoms with Crippen LogP contribution in [0.2, 0.25) is 0 Å². The lowest BCUT2D eigenvalue weighted by atomic mass is 9.99. The first kappa shape index (κ1) is 19.3. The van der Waals surface area contributed by atoms with E-state index in [9.17, 15) is 4.79 Å². The molecule has 0 aliphatic carbocycles. The van der Waals surface area contributed by atoms with Crippen molar-refractivity contribution in [2.45, 2.75) is 58.3 Å². The summed E-state index contributed by atoms with van der Waals surface area (Å²) < 4.78 is 15.6. The minimum Gasteiger partial charge on any atom is -0.497 e. The summed E-state index contributed by atoms with van der Waals surface area (Å²) in [4.78, 5) is 12.1. The zero-order valence-corrected chi connectivity index (χ0v) is 14.9. The Labute approximate surface area is 140 Å². The first-order chi connectivity index (χ1) is 11.2. The van der Waals surface area contributed by atoms with Crippen LogP contribution in [0.15, 0.2) is 12.1 Å². The summed E-state index contributed by atoms with van der Waals surface area (Å²) in [6.07, 6.45) is 9.48. The number of aryl methyl sites for hydroxylation is 1.